The van der Waals surface area contributed by atoms with Gasteiger partial charge in [-0.2, -0.15) is 0 Å². The first kappa shape index (κ1) is 15.6. The first-order chi connectivity index (χ1) is 11.7. The van der Waals surface area contributed by atoms with Crippen molar-refractivity contribution in [2.24, 2.45) is 0 Å². The Morgan fingerprint density at radius 1 is 1.33 bits per heavy atom. The average Bonchev–Trinajstić information content (AvgIpc) is 3.02. The standard InChI is InChI=1S/C16H18N2O5S/c1-21-16(20)15-18(4-5-24-15)14(19)11-8-17(11)7-10-2-3-12-13(6-10)23-9-22-12/h2-3,6,11,15H,4-5,7-9H2,1H3. The molecule has 3 atom stereocenters. The Morgan fingerprint density at radius 3 is 3.00 bits per heavy atom. The maximum Gasteiger partial charge on any atom is 0.339 e. The normalized spacial score (nSPS) is 27.2. The maximum absolute atomic E-state index is 12.6. The van der Waals surface area contributed by atoms with Crippen molar-refractivity contribution in [3.8, 4) is 11.5 Å². The van der Waals surface area contributed by atoms with Gasteiger partial charge in [0.05, 0.1) is 7.11 Å². The Hall–Kier alpha value is -1.93. The summed E-state index contributed by atoms with van der Waals surface area (Å²) in [5.41, 5.74) is 1.08. The van der Waals surface area contributed by atoms with Crippen LogP contribution in [0.2, 0.25) is 0 Å². The van der Waals surface area contributed by atoms with Gasteiger partial charge in [-0.15, -0.1) is 11.8 Å². The summed E-state index contributed by atoms with van der Waals surface area (Å²) in [5, 5.41) is -0.504. The van der Waals surface area contributed by atoms with Crippen LogP contribution in [0.1, 0.15) is 5.56 Å². The molecular weight excluding hydrogens is 332 g/mol. The van der Waals surface area contributed by atoms with Gasteiger partial charge in [-0.25, -0.2) is 4.79 Å². The highest BCUT2D eigenvalue weighted by molar-refractivity contribution is 8.00. The minimum atomic E-state index is -0.504. The fourth-order valence-electron chi connectivity index (χ4n) is 3.04. The topological polar surface area (TPSA) is 68.1 Å². The molecule has 24 heavy (non-hydrogen) atoms. The summed E-state index contributed by atoms with van der Waals surface area (Å²) in [7, 11) is 1.35. The smallest absolute Gasteiger partial charge is 0.339 e. The molecule has 0 aromatic heterocycles. The molecule has 2 fully saturated rings. The number of esters is 1. The molecule has 0 radical (unpaired) electrons. The van der Waals surface area contributed by atoms with Gasteiger partial charge in [0.1, 0.15) is 6.04 Å². The van der Waals surface area contributed by atoms with Crippen molar-refractivity contribution in [2.45, 2.75) is 18.0 Å². The number of methoxy groups -OCH3 is 1. The molecule has 3 unspecified atom stereocenters. The maximum atomic E-state index is 12.6. The van der Waals surface area contributed by atoms with Crippen LogP contribution in [0.15, 0.2) is 18.2 Å². The summed E-state index contributed by atoms with van der Waals surface area (Å²) in [5.74, 6) is 1.93. The third kappa shape index (κ3) is 2.80. The van der Waals surface area contributed by atoms with Crippen molar-refractivity contribution >= 4 is 23.6 Å². The summed E-state index contributed by atoms with van der Waals surface area (Å²) in [6, 6.07) is 5.67. The van der Waals surface area contributed by atoms with Gasteiger partial charge >= 0.3 is 5.97 Å². The number of carbonyl (C=O) groups excluding carboxylic acids is 2. The molecule has 128 valence electrons. The number of rotatable bonds is 4. The van der Waals surface area contributed by atoms with E-state index in [0.717, 1.165) is 22.8 Å². The number of fused-ring (bicyclic) bond motifs is 1. The average molecular weight is 350 g/mol. The number of nitrogens with zero attached hydrogens (tertiary/aromatic N) is 2. The summed E-state index contributed by atoms with van der Waals surface area (Å²) in [4.78, 5) is 28.1. The lowest BCUT2D eigenvalue weighted by Gasteiger charge is -2.21. The Kier molecular flexibility index (Phi) is 4.01. The van der Waals surface area contributed by atoms with Crippen LogP contribution in [0.5, 0.6) is 11.5 Å². The van der Waals surface area contributed by atoms with E-state index in [1.54, 1.807) is 4.90 Å². The van der Waals surface area contributed by atoms with Crippen molar-refractivity contribution in [1.82, 2.24) is 9.80 Å². The molecule has 3 aliphatic heterocycles. The zero-order chi connectivity index (χ0) is 16.7. The van der Waals surface area contributed by atoms with Gasteiger partial charge in [0.2, 0.25) is 12.7 Å². The van der Waals surface area contributed by atoms with Crippen molar-refractivity contribution in [2.75, 3.05) is 32.7 Å². The molecule has 0 saturated carbocycles. The number of hydrogen-bond acceptors (Lipinski definition) is 7. The van der Waals surface area contributed by atoms with Crippen LogP contribution < -0.4 is 9.47 Å². The molecule has 0 aliphatic carbocycles. The van der Waals surface area contributed by atoms with Crippen molar-refractivity contribution in [3.63, 3.8) is 0 Å². The van der Waals surface area contributed by atoms with Gasteiger partial charge < -0.3 is 19.1 Å². The van der Waals surface area contributed by atoms with E-state index in [9.17, 15) is 9.59 Å². The minimum Gasteiger partial charge on any atom is -0.467 e. The van der Waals surface area contributed by atoms with Crippen LogP contribution >= 0.6 is 11.8 Å². The van der Waals surface area contributed by atoms with Crippen LogP contribution in [-0.2, 0) is 20.9 Å². The van der Waals surface area contributed by atoms with Gasteiger partial charge in [0, 0.05) is 25.4 Å². The minimum absolute atomic E-state index is 0.0103. The molecule has 0 bridgehead atoms. The van der Waals surface area contributed by atoms with E-state index < -0.39 is 5.37 Å². The van der Waals surface area contributed by atoms with E-state index in [1.807, 2.05) is 18.2 Å². The second-order valence-corrected chi connectivity index (χ2v) is 7.10. The lowest BCUT2D eigenvalue weighted by atomic mass is 10.2. The molecule has 2 saturated heterocycles. The second-order valence-electron chi connectivity index (χ2n) is 5.91. The van der Waals surface area contributed by atoms with Crippen LogP contribution in [0.4, 0.5) is 0 Å². The summed E-state index contributed by atoms with van der Waals surface area (Å²) < 4.78 is 15.5. The molecule has 4 rings (SSSR count). The number of benzene rings is 1. The van der Waals surface area contributed by atoms with E-state index in [4.69, 9.17) is 14.2 Å². The lowest BCUT2D eigenvalue weighted by Crippen LogP contribution is -2.43. The van der Waals surface area contributed by atoms with Gasteiger partial charge in [0.15, 0.2) is 16.9 Å². The zero-order valence-electron chi connectivity index (χ0n) is 13.3. The number of carbonyl (C=O) groups is 2. The van der Waals surface area contributed by atoms with Crippen molar-refractivity contribution < 1.29 is 23.8 Å². The number of amides is 1. The number of ether oxygens (including phenoxy) is 3. The predicted molar refractivity (Wildman–Crippen MR) is 86.7 cm³/mol. The fourth-order valence-corrected chi connectivity index (χ4v) is 4.19. The van der Waals surface area contributed by atoms with Crippen LogP contribution in [0.3, 0.4) is 0 Å². The zero-order valence-corrected chi connectivity index (χ0v) is 14.1. The van der Waals surface area contributed by atoms with Crippen molar-refractivity contribution in [3.05, 3.63) is 23.8 Å². The van der Waals surface area contributed by atoms with E-state index in [1.165, 1.54) is 18.9 Å². The fraction of sp³-hybridized carbons (Fsp3) is 0.500. The van der Waals surface area contributed by atoms with E-state index in [-0.39, 0.29) is 24.7 Å². The third-order valence-electron chi connectivity index (χ3n) is 4.40. The Bertz CT molecular complexity index is 682. The quantitative estimate of drug-likeness (QED) is 0.584. The van der Waals surface area contributed by atoms with Crippen LogP contribution in [0.25, 0.3) is 0 Å². The van der Waals surface area contributed by atoms with Crippen LogP contribution in [0, 0.1) is 0 Å². The highest BCUT2D eigenvalue weighted by atomic mass is 32.2. The SMILES string of the molecule is COC(=O)C1SCCN1C(=O)C1CN1Cc1ccc2c(c1)OCO2. The molecule has 1 amide bonds. The summed E-state index contributed by atoms with van der Waals surface area (Å²) in [6.45, 7) is 2.24. The monoisotopic (exact) mass is 350 g/mol. The molecule has 3 aliphatic rings. The highest BCUT2D eigenvalue weighted by Crippen LogP contribution is 2.35. The van der Waals surface area contributed by atoms with Crippen molar-refractivity contribution in [1.29, 1.82) is 0 Å². The van der Waals surface area contributed by atoms with E-state index >= 15 is 0 Å². The highest BCUT2D eigenvalue weighted by Gasteiger charge is 2.47. The van der Waals surface area contributed by atoms with Gasteiger partial charge in [-0.05, 0) is 17.7 Å². The van der Waals surface area contributed by atoms with E-state index in [0.29, 0.717) is 19.6 Å². The van der Waals surface area contributed by atoms with Gasteiger partial charge in [0.25, 0.3) is 0 Å². The molecule has 1 aromatic rings. The molecule has 7 nitrogen and oxygen atoms in total. The number of hydrogen-bond donors (Lipinski definition) is 0. The largest absolute Gasteiger partial charge is 0.467 e. The molecule has 8 heteroatoms. The molecule has 1 aromatic carbocycles. The summed E-state index contributed by atoms with van der Waals surface area (Å²) >= 11 is 1.46. The summed E-state index contributed by atoms with van der Waals surface area (Å²) in [6.07, 6.45) is 0. The first-order valence-electron chi connectivity index (χ1n) is 7.80. The second kappa shape index (κ2) is 6.18. The Morgan fingerprint density at radius 2 is 2.17 bits per heavy atom. The molecule has 3 heterocycles. The predicted octanol–water partition coefficient (Wildman–Crippen LogP) is 0.674. The first-order valence-corrected chi connectivity index (χ1v) is 8.85. The third-order valence-corrected chi connectivity index (χ3v) is 5.58. The molecule has 0 spiro atoms. The molecular formula is C16H18N2O5S. The Labute approximate surface area is 143 Å². The van der Waals surface area contributed by atoms with Gasteiger partial charge in [-0.1, -0.05) is 6.07 Å². The van der Waals surface area contributed by atoms with Gasteiger partial charge in [-0.3, -0.25) is 9.69 Å². The number of thioether (sulfide) groups is 1. The van der Waals surface area contributed by atoms with E-state index in [2.05, 4.69) is 4.90 Å². The lowest BCUT2D eigenvalue weighted by molar-refractivity contribution is -0.148. The Balaban J connectivity index is 1.37. The molecule has 0 N–H and O–H groups in total. The van der Waals surface area contributed by atoms with Crippen LogP contribution in [-0.4, -0.2) is 65.8 Å².